The van der Waals surface area contributed by atoms with E-state index in [9.17, 15) is 13.6 Å². The number of rotatable bonds is 3. The molecular formula is C14H11F2NO5. The molecule has 2 heterocycles. The van der Waals surface area contributed by atoms with Gasteiger partial charge in [0.05, 0.1) is 0 Å². The Morgan fingerprint density at radius 2 is 1.86 bits per heavy atom. The van der Waals surface area contributed by atoms with Crippen LogP contribution in [0, 0.1) is 0 Å². The molecule has 1 aromatic heterocycles. The van der Waals surface area contributed by atoms with Gasteiger partial charge in [-0.1, -0.05) is 5.16 Å². The summed E-state index contributed by atoms with van der Waals surface area (Å²) in [6.07, 6.45) is 0. The highest BCUT2D eigenvalue weighted by Gasteiger charge is 2.32. The van der Waals surface area contributed by atoms with Gasteiger partial charge in [-0.2, -0.15) is 0 Å². The first-order chi connectivity index (χ1) is 10.4. The number of carboxylic acids is 1. The molecule has 0 bridgehead atoms. The number of aromatic nitrogens is 1. The minimum absolute atomic E-state index is 0.0109. The number of halogens is 2. The van der Waals surface area contributed by atoms with Crippen molar-refractivity contribution < 1.29 is 32.7 Å². The lowest BCUT2D eigenvalue weighted by molar-refractivity contribution is 0.0174. The molecule has 3 rings (SSSR count). The number of hydrogen-bond donors (Lipinski definition) is 1. The quantitative estimate of drug-likeness (QED) is 0.938. The van der Waals surface area contributed by atoms with Crippen LogP contribution in [0.15, 0.2) is 22.7 Å². The normalized spacial score (nSPS) is 14.0. The third-order valence-corrected chi connectivity index (χ3v) is 3.15. The summed E-state index contributed by atoms with van der Waals surface area (Å²) in [5.74, 6) is -4.06. The highest BCUT2D eigenvalue weighted by atomic mass is 19.3. The van der Waals surface area contributed by atoms with Gasteiger partial charge < -0.3 is 19.1 Å². The lowest BCUT2D eigenvalue weighted by Gasteiger charge is -2.22. The molecule has 0 saturated carbocycles. The Labute approximate surface area is 123 Å². The van der Waals surface area contributed by atoms with Crippen LogP contribution in [-0.2, 0) is 5.92 Å². The summed E-state index contributed by atoms with van der Waals surface area (Å²) in [4.78, 5) is 10.8. The van der Waals surface area contributed by atoms with Gasteiger partial charge in [-0.25, -0.2) is 13.6 Å². The van der Waals surface area contributed by atoms with Gasteiger partial charge in [0.1, 0.15) is 13.2 Å². The molecule has 0 amide bonds. The molecule has 1 aromatic carbocycles. The number of carbonyl (C=O) groups is 1. The van der Waals surface area contributed by atoms with Gasteiger partial charge in [-0.3, -0.25) is 0 Å². The molecule has 0 unspecified atom stereocenters. The number of carboxylic acid groups (broad SMARTS) is 1. The monoisotopic (exact) mass is 311 g/mol. The highest BCUT2D eigenvalue weighted by molar-refractivity contribution is 5.86. The van der Waals surface area contributed by atoms with Crippen molar-refractivity contribution in [2.75, 3.05) is 13.2 Å². The highest BCUT2D eigenvalue weighted by Crippen LogP contribution is 2.43. The van der Waals surface area contributed by atoms with Gasteiger partial charge in [0.25, 0.3) is 5.92 Å². The Bertz CT molecular complexity index is 735. The smallest absolute Gasteiger partial charge is 0.358 e. The molecule has 0 atom stereocenters. The Balaban J connectivity index is 2.17. The van der Waals surface area contributed by atoms with Crippen molar-refractivity contribution in [3.8, 4) is 22.8 Å². The molecule has 22 heavy (non-hydrogen) atoms. The van der Waals surface area contributed by atoms with Crippen LogP contribution in [0.3, 0.4) is 0 Å². The third kappa shape index (κ3) is 2.47. The van der Waals surface area contributed by atoms with Crippen LogP contribution in [0.2, 0.25) is 0 Å². The molecule has 0 fully saturated rings. The van der Waals surface area contributed by atoms with Crippen LogP contribution in [-0.4, -0.2) is 29.4 Å². The van der Waals surface area contributed by atoms with Crippen molar-refractivity contribution in [1.29, 1.82) is 0 Å². The van der Waals surface area contributed by atoms with Crippen LogP contribution >= 0.6 is 0 Å². The van der Waals surface area contributed by atoms with Crippen molar-refractivity contribution in [2.24, 2.45) is 0 Å². The molecule has 0 aliphatic carbocycles. The van der Waals surface area contributed by atoms with Crippen LogP contribution in [0.4, 0.5) is 8.78 Å². The fraction of sp³-hybridized carbons (Fsp3) is 0.286. The second-order valence-corrected chi connectivity index (χ2v) is 4.81. The van der Waals surface area contributed by atoms with Crippen LogP contribution < -0.4 is 9.47 Å². The molecule has 0 saturated heterocycles. The van der Waals surface area contributed by atoms with Crippen molar-refractivity contribution in [2.45, 2.75) is 12.8 Å². The first kappa shape index (κ1) is 14.3. The standard InChI is InChI=1S/C14H11F2NO5/c1-14(15,16)8-5-12-11(20-2-3-21-12)4-7(8)10-6-9(13(18)19)17-22-10/h4-6H,2-3H2,1H3,(H,18,19). The van der Waals surface area contributed by atoms with Crippen molar-refractivity contribution in [3.05, 3.63) is 29.5 Å². The maximum absolute atomic E-state index is 13.9. The van der Waals surface area contributed by atoms with E-state index in [1.54, 1.807) is 0 Å². The molecule has 2 aromatic rings. The van der Waals surface area contributed by atoms with Gasteiger partial charge in [0.2, 0.25) is 0 Å². The van der Waals surface area contributed by atoms with Gasteiger partial charge in [-0.15, -0.1) is 0 Å². The lowest BCUT2D eigenvalue weighted by atomic mass is 9.99. The van der Waals surface area contributed by atoms with E-state index in [4.69, 9.17) is 19.1 Å². The molecule has 1 aliphatic rings. The summed E-state index contributed by atoms with van der Waals surface area (Å²) in [7, 11) is 0. The number of nitrogens with zero attached hydrogens (tertiary/aromatic N) is 1. The fourth-order valence-corrected chi connectivity index (χ4v) is 2.16. The van der Waals surface area contributed by atoms with Crippen molar-refractivity contribution >= 4 is 5.97 Å². The van der Waals surface area contributed by atoms with E-state index in [1.807, 2.05) is 0 Å². The van der Waals surface area contributed by atoms with E-state index in [2.05, 4.69) is 5.16 Å². The largest absolute Gasteiger partial charge is 0.486 e. The molecular weight excluding hydrogens is 300 g/mol. The third-order valence-electron chi connectivity index (χ3n) is 3.15. The van der Waals surface area contributed by atoms with Gasteiger partial charge in [0, 0.05) is 24.1 Å². The molecule has 0 radical (unpaired) electrons. The van der Waals surface area contributed by atoms with Gasteiger partial charge in [-0.05, 0) is 12.1 Å². The average Bonchev–Trinajstić information content (AvgIpc) is 2.95. The van der Waals surface area contributed by atoms with Gasteiger partial charge in [0.15, 0.2) is 23.0 Å². The zero-order valence-electron chi connectivity index (χ0n) is 11.4. The molecule has 0 spiro atoms. The Morgan fingerprint density at radius 3 is 2.41 bits per heavy atom. The summed E-state index contributed by atoms with van der Waals surface area (Å²) < 4.78 is 43.3. The van der Waals surface area contributed by atoms with E-state index >= 15 is 0 Å². The van der Waals surface area contributed by atoms with E-state index in [0.29, 0.717) is 12.4 Å². The second kappa shape index (κ2) is 4.97. The van der Waals surface area contributed by atoms with Crippen LogP contribution in [0.1, 0.15) is 23.0 Å². The summed E-state index contributed by atoms with van der Waals surface area (Å²) in [6.45, 7) is 1.30. The summed E-state index contributed by atoms with van der Waals surface area (Å²) in [6, 6.07) is 3.60. The summed E-state index contributed by atoms with van der Waals surface area (Å²) in [5, 5.41) is 12.2. The second-order valence-electron chi connectivity index (χ2n) is 4.81. The average molecular weight is 311 g/mol. The lowest BCUT2D eigenvalue weighted by Crippen LogP contribution is -2.17. The summed E-state index contributed by atoms with van der Waals surface area (Å²) >= 11 is 0. The summed E-state index contributed by atoms with van der Waals surface area (Å²) in [5.41, 5.74) is -0.711. The van der Waals surface area contributed by atoms with Crippen LogP contribution in [0.25, 0.3) is 11.3 Å². The first-order valence-electron chi connectivity index (χ1n) is 6.38. The zero-order valence-corrected chi connectivity index (χ0v) is 11.4. The number of ether oxygens (including phenoxy) is 2. The first-order valence-corrected chi connectivity index (χ1v) is 6.38. The van der Waals surface area contributed by atoms with Gasteiger partial charge >= 0.3 is 5.97 Å². The topological polar surface area (TPSA) is 81.8 Å². The molecule has 1 aliphatic heterocycles. The Kier molecular flexibility index (Phi) is 3.23. The predicted molar refractivity (Wildman–Crippen MR) is 69.5 cm³/mol. The Morgan fingerprint density at radius 1 is 1.23 bits per heavy atom. The Hall–Kier alpha value is -2.64. The molecule has 8 heteroatoms. The van der Waals surface area contributed by atoms with E-state index in [0.717, 1.165) is 13.0 Å². The number of benzene rings is 1. The van der Waals surface area contributed by atoms with E-state index < -0.39 is 11.9 Å². The zero-order chi connectivity index (χ0) is 15.9. The number of alkyl halides is 2. The fourth-order valence-electron chi connectivity index (χ4n) is 2.16. The maximum Gasteiger partial charge on any atom is 0.358 e. The van der Waals surface area contributed by atoms with Crippen molar-refractivity contribution in [1.82, 2.24) is 5.16 Å². The number of fused-ring (bicyclic) bond motifs is 1. The number of hydrogen-bond acceptors (Lipinski definition) is 5. The molecule has 116 valence electrons. The van der Waals surface area contributed by atoms with Crippen molar-refractivity contribution in [3.63, 3.8) is 0 Å². The maximum atomic E-state index is 13.9. The van der Waals surface area contributed by atoms with E-state index in [-0.39, 0.29) is 34.9 Å². The minimum Gasteiger partial charge on any atom is -0.486 e. The predicted octanol–water partition coefficient (Wildman–Crippen LogP) is 2.92. The molecule has 6 nitrogen and oxygen atoms in total. The SMILES string of the molecule is CC(F)(F)c1cc2c(cc1-c1cc(C(=O)O)no1)OCCO2. The van der Waals surface area contributed by atoms with Crippen LogP contribution in [0.5, 0.6) is 11.5 Å². The number of aromatic carboxylic acids is 1. The minimum atomic E-state index is -3.18. The molecule has 1 N–H and O–H groups in total. The van der Waals surface area contributed by atoms with E-state index in [1.165, 1.54) is 12.1 Å².